The maximum atomic E-state index is 12.2. The number of nitrogens with one attached hydrogen (secondary N) is 3. The monoisotopic (exact) mass is 370 g/mol. The number of hydrogen-bond acceptors (Lipinski definition) is 4. The zero-order valence-electron chi connectivity index (χ0n) is 15.5. The second-order valence-electron chi connectivity index (χ2n) is 6.07. The Bertz CT molecular complexity index is 645. The Morgan fingerprint density at radius 1 is 1.24 bits per heavy atom. The van der Waals surface area contributed by atoms with E-state index in [1.807, 2.05) is 6.07 Å². The predicted molar refractivity (Wildman–Crippen MR) is 101 cm³/mol. The van der Waals surface area contributed by atoms with Gasteiger partial charge in [-0.25, -0.2) is 13.1 Å². The SMILES string of the molecule is CN=C(NCCC(C)C)NCc1cccc(S(=O)(=O)NCCOC)c1. The quantitative estimate of drug-likeness (QED) is 0.328. The van der Waals surface area contributed by atoms with E-state index in [0.29, 0.717) is 25.0 Å². The number of benzene rings is 1. The van der Waals surface area contributed by atoms with Gasteiger partial charge in [0.05, 0.1) is 11.5 Å². The highest BCUT2D eigenvalue weighted by atomic mass is 32.2. The molecule has 0 atom stereocenters. The van der Waals surface area contributed by atoms with E-state index in [4.69, 9.17) is 4.74 Å². The summed E-state index contributed by atoms with van der Waals surface area (Å²) >= 11 is 0. The molecule has 3 N–H and O–H groups in total. The van der Waals surface area contributed by atoms with Crippen LogP contribution in [-0.4, -0.2) is 48.2 Å². The first-order valence-corrected chi connectivity index (χ1v) is 9.89. The number of methoxy groups -OCH3 is 1. The van der Waals surface area contributed by atoms with Crippen LogP contribution >= 0.6 is 0 Å². The van der Waals surface area contributed by atoms with E-state index in [0.717, 1.165) is 18.5 Å². The minimum Gasteiger partial charge on any atom is -0.383 e. The lowest BCUT2D eigenvalue weighted by atomic mass is 10.1. The molecule has 1 aromatic carbocycles. The van der Waals surface area contributed by atoms with Gasteiger partial charge in [-0.1, -0.05) is 26.0 Å². The Balaban J connectivity index is 2.62. The summed E-state index contributed by atoms with van der Waals surface area (Å²) in [7, 11) is -0.282. The maximum absolute atomic E-state index is 12.2. The van der Waals surface area contributed by atoms with Crippen LogP contribution < -0.4 is 15.4 Å². The van der Waals surface area contributed by atoms with Gasteiger partial charge in [0.15, 0.2) is 5.96 Å². The van der Waals surface area contributed by atoms with Crippen LogP contribution in [0.4, 0.5) is 0 Å². The van der Waals surface area contributed by atoms with Gasteiger partial charge < -0.3 is 15.4 Å². The predicted octanol–water partition coefficient (Wildman–Crippen LogP) is 1.32. The number of hydrogen-bond donors (Lipinski definition) is 3. The number of sulfonamides is 1. The first-order valence-electron chi connectivity index (χ1n) is 8.41. The molecule has 0 aliphatic rings. The third-order valence-corrected chi connectivity index (χ3v) is 4.96. The van der Waals surface area contributed by atoms with Crippen molar-refractivity contribution in [1.29, 1.82) is 0 Å². The van der Waals surface area contributed by atoms with Crippen molar-refractivity contribution < 1.29 is 13.2 Å². The lowest BCUT2D eigenvalue weighted by Gasteiger charge is -2.13. The average Bonchev–Trinajstić information content (AvgIpc) is 2.58. The van der Waals surface area contributed by atoms with Crippen LogP contribution in [0.5, 0.6) is 0 Å². The minimum absolute atomic E-state index is 0.241. The van der Waals surface area contributed by atoms with Gasteiger partial charge in [0.25, 0.3) is 0 Å². The largest absolute Gasteiger partial charge is 0.383 e. The molecular formula is C17H30N4O3S. The van der Waals surface area contributed by atoms with Crippen LogP contribution in [-0.2, 0) is 21.3 Å². The first kappa shape index (κ1) is 21.4. The zero-order valence-corrected chi connectivity index (χ0v) is 16.3. The summed E-state index contributed by atoms with van der Waals surface area (Å²) in [5.74, 6) is 1.32. The molecule has 0 fully saturated rings. The summed E-state index contributed by atoms with van der Waals surface area (Å²) in [4.78, 5) is 4.41. The molecule has 0 aromatic heterocycles. The fraction of sp³-hybridized carbons (Fsp3) is 0.588. The molecule has 0 radical (unpaired) electrons. The zero-order chi connectivity index (χ0) is 18.7. The Hall–Kier alpha value is -1.64. The van der Waals surface area contributed by atoms with Gasteiger partial charge in [-0.3, -0.25) is 4.99 Å². The Labute approximate surface area is 151 Å². The topological polar surface area (TPSA) is 91.8 Å². The lowest BCUT2D eigenvalue weighted by Crippen LogP contribution is -2.37. The second-order valence-corrected chi connectivity index (χ2v) is 7.84. The molecule has 0 unspecified atom stereocenters. The third-order valence-electron chi connectivity index (χ3n) is 3.50. The number of aliphatic imine (C=N–C) groups is 1. The summed E-state index contributed by atoms with van der Waals surface area (Å²) in [5, 5.41) is 6.44. The van der Waals surface area contributed by atoms with Crippen LogP contribution in [0.1, 0.15) is 25.8 Å². The van der Waals surface area contributed by atoms with Crippen LogP contribution in [0.2, 0.25) is 0 Å². The van der Waals surface area contributed by atoms with Crippen molar-refractivity contribution in [1.82, 2.24) is 15.4 Å². The van der Waals surface area contributed by atoms with Crippen molar-refractivity contribution in [3.8, 4) is 0 Å². The second kappa shape index (κ2) is 11.1. The summed E-state index contributed by atoms with van der Waals surface area (Å²) < 4.78 is 31.8. The minimum atomic E-state index is -3.53. The smallest absolute Gasteiger partial charge is 0.240 e. The molecule has 1 rings (SSSR count). The summed E-state index contributed by atoms with van der Waals surface area (Å²) in [6.07, 6.45) is 1.06. The van der Waals surface area contributed by atoms with E-state index in [-0.39, 0.29) is 11.4 Å². The van der Waals surface area contributed by atoms with E-state index in [1.54, 1.807) is 25.2 Å². The van der Waals surface area contributed by atoms with Crippen molar-refractivity contribution in [2.45, 2.75) is 31.7 Å². The molecule has 0 saturated heterocycles. The van der Waals surface area contributed by atoms with Gasteiger partial charge in [0.1, 0.15) is 0 Å². The molecule has 0 bridgehead atoms. The van der Waals surface area contributed by atoms with Crippen molar-refractivity contribution in [2.75, 3.05) is 33.9 Å². The molecule has 8 heteroatoms. The number of rotatable bonds is 10. The van der Waals surface area contributed by atoms with Gasteiger partial charge in [0, 0.05) is 33.8 Å². The molecule has 142 valence electrons. The Morgan fingerprint density at radius 2 is 2.00 bits per heavy atom. The van der Waals surface area contributed by atoms with Crippen LogP contribution in [0.25, 0.3) is 0 Å². The highest BCUT2D eigenvalue weighted by Gasteiger charge is 2.13. The third kappa shape index (κ3) is 8.33. The molecule has 0 saturated carbocycles. The number of ether oxygens (including phenoxy) is 1. The van der Waals surface area contributed by atoms with Crippen molar-refractivity contribution in [3.63, 3.8) is 0 Å². The van der Waals surface area contributed by atoms with Gasteiger partial charge >= 0.3 is 0 Å². The molecular weight excluding hydrogens is 340 g/mol. The van der Waals surface area contributed by atoms with Crippen molar-refractivity contribution in [3.05, 3.63) is 29.8 Å². The van der Waals surface area contributed by atoms with Crippen molar-refractivity contribution >= 4 is 16.0 Å². The van der Waals surface area contributed by atoms with Crippen molar-refractivity contribution in [2.24, 2.45) is 10.9 Å². The van der Waals surface area contributed by atoms with Crippen LogP contribution in [0.3, 0.4) is 0 Å². The van der Waals surface area contributed by atoms with Gasteiger partial charge in [-0.05, 0) is 30.0 Å². The van der Waals surface area contributed by atoms with Gasteiger partial charge in [0.2, 0.25) is 10.0 Å². The van der Waals surface area contributed by atoms with E-state index in [9.17, 15) is 8.42 Å². The average molecular weight is 371 g/mol. The maximum Gasteiger partial charge on any atom is 0.240 e. The summed E-state index contributed by atoms with van der Waals surface area (Å²) in [6.45, 7) is 6.25. The van der Waals surface area contributed by atoms with Gasteiger partial charge in [-0.2, -0.15) is 0 Å². The van der Waals surface area contributed by atoms with E-state index in [2.05, 4.69) is 34.2 Å². The Kier molecular flexibility index (Phi) is 9.48. The molecule has 7 nitrogen and oxygen atoms in total. The Morgan fingerprint density at radius 3 is 2.64 bits per heavy atom. The van der Waals surface area contributed by atoms with E-state index >= 15 is 0 Å². The summed E-state index contributed by atoms with van der Waals surface area (Å²) in [5.41, 5.74) is 0.862. The molecule has 0 amide bonds. The summed E-state index contributed by atoms with van der Waals surface area (Å²) in [6, 6.07) is 6.84. The molecule has 25 heavy (non-hydrogen) atoms. The molecule has 0 aliphatic heterocycles. The van der Waals surface area contributed by atoms with E-state index in [1.165, 1.54) is 7.11 Å². The normalized spacial score (nSPS) is 12.4. The number of guanidine groups is 1. The molecule has 0 spiro atoms. The van der Waals surface area contributed by atoms with Crippen LogP contribution in [0, 0.1) is 5.92 Å². The standard InChI is InChI=1S/C17H30N4O3S/c1-14(2)8-9-19-17(18-3)20-13-15-6-5-7-16(12-15)25(22,23)21-10-11-24-4/h5-7,12,14,21H,8-11,13H2,1-4H3,(H2,18,19,20). The van der Waals surface area contributed by atoms with E-state index < -0.39 is 10.0 Å². The van der Waals surface area contributed by atoms with Gasteiger partial charge in [-0.15, -0.1) is 0 Å². The highest BCUT2D eigenvalue weighted by Crippen LogP contribution is 2.11. The lowest BCUT2D eigenvalue weighted by molar-refractivity contribution is 0.204. The fourth-order valence-electron chi connectivity index (χ4n) is 2.07. The fourth-order valence-corrected chi connectivity index (χ4v) is 3.15. The molecule has 0 heterocycles. The van der Waals surface area contributed by atoms with Crippen LogP contribution in [0.15, 0.2) is 34.2 Å². The highest BCUT2D eigenvalue weighted by molar-refractivity contribution is 7.89. The first-order chi connectivity index (χ1) is 11.9. The number of nitrogens with zero attached hydrogens (tertiary/aromatic N) is 1. The molecule has 1 aromatic rings. The molecule has 0 aliphatic carbocycles.